The van der Waals surface area contributed by atoms with Gasteiger partial charge in [0.05, 0.1) is 22.9 Å². The molecule has 0 radical (unpaired) electrons. The topological polar surface area (TPSA) is 176 Å². The molecule has 2 saturated heterocycles. The Morgan fingerprint density at radius 1 is 1.00 bits per heavy atom. The molecule has 3 aromatic carbocycles. The maximum absolute atomic E-state index is 16.2. The Morgan fingerprint density at radius 3 is 2.49 bits per heavy atom. The Hall–Kier alpha value is -6.02. The number of halogens is 1. The number of anilines is 1. The van der Waals surface area contributed by atoms with E-state index in [1.54, 1.807) is 19.9 Å². The van der Waals surface area contributed by atoms with Gasteiger partial charge < -0.3 is 20.1 Å². The Labute approximate surface area is 315 Å². The number of nitrogens with two attached hydrogens (primary N) is 1. The molecule has 5 heterocycles. The summed E-state index contributed by atoms with van der Waals surface area (Å²) in [6.45, 7) is 7.31. The number of nitrogens with zero attached hydrogens (tertiary/aromatic N) is 6. The van der Waals surface area contributed by atoms with Crippen LogP contribution in [0.2, 0.25) is 0 Å². The third-order valence-electron chi connectivity index (χ3n) is 11.9. The fourth-order valence-electron chi connectivity index (χ4n) is 8.63. The first-order valence-corrected chi connectivity index (χ1v) is 18.7. The number of imide groups is 1. The van der Waals surface area contributed by atoms with E-state index in [0.717, 1.165) is 66.6 Å². The lowest BCUT2D eigenvalue weighted by Crippen LogP contribution is -2.53. The first-order chi connectivity index (χ1) is 26.6. The number of aromatic nitrogens is 5. The van der Waals surface area contributed by atoms with Gasteiger partial charge in [-0.15, -0.1) is 0 Å². The zero-order chi connectivity index (χ0) is 38.0. The van der Waals surface area contributed by atoms with Crippen molar-refractivity contribution in [3.05, 3.63) is 101 Å². The van der Waals surface area contributed by atoms with Crippen LogP contribution < -0.4 is 16.0 Å². The van der Waals surface area contributed by atoms with Crippen LogP contribution in [0.25, 0.3) is 33.2 Å². The third-order valence-corrected chi connectivity index (χ3v) is 11.9. The summed E-state index contributed by atoms with van der Waals surface area (Å²) in [6, 6.07) is 18.8. The molecule has 0 unspecified atom stereocenters. The van der Waals surface area contributed by atoms with Gasteiger partial charge in [0.25, 0.3) is 11.7 Å². The van der Waals surface area contributed by atoms with E-state index in [1.807, 2.05) is 6.07 Å². The molecule has 3 aliphatic rings. The lowest BCUT2D eigenvalue weighted by Gasteiger charge is -2.47. The predicted molar refractivity (Wildman–Crippen MR) is 203 cm³/mol. The fourth-order valence-corrected chi connectivity index (χ4v) is 8.63. The van der Waals surface area contributed by atoms with E-state index in [-0.39, 0.29) is 29.4 Å². The second kappa shape index (κ2) is 13.7. The van der Waals surface area contributed by atoms with Gasteiger partial charge in [0, 0.05) is 60.8 Å². The van der Waals surface area contributed by atoms with Gasteiger partial charge in [0.2, 0.25) is 17.7 Å². The average Bonchev–Trinajstić information content (AvgIpc) is 3.82. The molecule has 2 atom stereocenters. The molecular formula is C41H40FN9O4. The number of H-pyrrole nitrogens is 1. The molecule has 1 aliphatic carbocycles. The molecule has 3 aromatic heterocycles. The SMILES string of the molecule is Cc1c([C@@H](C)c2nc(C(N)=O)no2)ccc(-c2ncnc3[nH]c4cc(N5CCN(C6CC(c7ccc([C@H]8CCC(=O)NC8=O)cc7)C6)CC5)ccc4c23)c1F. The average molecular weight is 742 g/mol. The second-order valence-corrected chi connectivity index (χ2v) is 15.0. The number of amides is 3. The summed E-state index contributed by atoms with van der Waals surface area (Å²) in [5.74, 6) is -1.84. The van der Waals surface area contributed by atoms with Crippen molar-refractivity contribution in [1.82, 2.24) is 35.3 Å². The number of fused-ring (bicyclic) bond motifs is 3. The zero-order valence-corrected chi connectivity index (χ0v) is 30.5. The highest BCUT2D eigenvalue weighted by atomic mass is 19.1. The Bertz CT molecular complexity index is 2480. The summed E-state index contributed by atoms with van der Waals surface area (Å²) >= 11 is 0. The van der Waals surface area contributed by atoms with Crippen molar-refractivity contribution < 1.29 is 23.3 Å². The Kier molecular flexibility index (Phi) is 8.64. The standard InChI is InChI=1S/C41H40FN9O4/c1-21-28(22(2)41-48-39(37(43)53)49-55-41)9-10-31(35(21)42)36-34-30-8-7-26(19-32(30)46-38(34)45-20-44-36)50-13-15-51(16-14-50)27-17-25(18-27)23-3-5-24(6-4-23)29-11-12-33(52)47-40(29)54/h3-10,19-20,22,25,27,29H,11-18H2,1-2H3,(H2,43,53)(H,44,45,46)(H,47,52,54)/t22-,25?,27?,29-/m1/s1. The lowest BCUT2D eigenvalue weighted by molar-refractivity contribution is -0.134. The van der Waals surface area contributed by atoms with Crippen molar-refractivity contribution in [3.8, 4) is 11.3 Å². The molecule has 3 fully saturated rings. The number of carbonyl (C=O) groups excluding carboxylic acids is 3. The van der Waals surface area contributed by atoms with Crippen LogP contribution >= 0.6 is 0 Å². The zero-order valence-electron chi connectivity index (χ0n) is 30.5. The molecule has 4 N–H and O–H groups in total. The van der Waals surface area contributed by atoms with Crippen LogP contribution in [0.15, 0.2) is 65.4 Å². The van der Waals surface area contributed by atoms with Gasteiger partial charge in [0.1, 0.15) is 17.8 Å². The number of rotatable bonds is 8. The number of aromatic amines is 1. The fraction of sp³-hybridized carbons (Fsp3) is 0.341. The number of nitrogens with one attached hydrogen (secondary N) is 2. The van der Waals surface area contributed by atoms with Gasteiger partial charge in [-0.05, 0) is 79.5 Å². The van der Waals surface area contributed by atoms with E-state index >= 15 is 4.39 Å². The molecule has 9 rings (SSSR count). The minimum Gasteiger partial charge on any atom is -0.369 e. The lowest BCUT2D eigenvalue weighted by atomic mass is 9.74. The minimum absolute atomic E-state index is 0.173. The van der Waals surface area contributed by atoms with Crippen molar-refractivity contribution in [2.75, 3.05) is 31.1 Å². The number of primary amides is 1. The number of carbonyl (C=O) groups is 3. The highest BCUT2D eigenvalue weighted by molar-refractivity contribution is 6.12. The van der Waals surface area contributed by atoms with E-state index in [4.69, 9.17) is 10.3 Å². The van der Waals surface area contributed by atoms with Crippen molar-refractivity contribution >= 4 is 45.3 Å². The number of hydrogen-bond donors (Lipinski definition) is 3. The summed E-state index contributed by atoms with van der Waals surface area (Å²) in [6.07, 6.45) is 4.65. The Balaban J connectivity index is 0.864. The monoisotopic (exact) mass is 741 g/mol. The van der Waals surface area contributed by atoms with Crippen LogP contribution in [-0.4, -0.2) is 79.9 Å². The van der Waals surface area contributed by atoms with E-state index < -0.39 is 17.6 Å². The van der Waals surface area contributed by atoms with Crippen molar-refractivity contribution in [2.24, 2.45) is 5.73 Å². The minimum atomic E-state index is -0.796. The normalized spacial score (nSPS) is 21.1. The molecule has 13 nitrogen and oxygen atoms in total. The first-order valence-electron chi connectivity index (χ1n) is 18.7. The molecule has 14 heteroatoms. The van der Waals surface area contributed by atoms with Crippen LogP contribution in [0.5, 0.6) is 0 Å². The molecule has 6 aromatic rings. The highest BCUT2D eigenvalue weighted by Crippen LogP contribution is 2.42. The molecule has 280 valence electrons. The van der Waals surface area contributed by atoms with E-state index in [1.165, 1.54) is 11.9 Å². The van der Waals surface area contributed by atoms with Crippen molar-refractivity contribution in [2.45, 2.75) is 63.3 Å². The second-order valence-electron chi connectivity index (χ2n) is 15.0. The quantitative estimate of drug-likeness (QED) is 0.170. The number of hydrogen-bond acceptors (Lipinski definition) is 10. The van der Waals surface area contributed by atoms with E-state index in [9.17, 15) is 14.4 Å². The van der Waals surface area contributed by atoms with Gasteiger partial charge in [0.15, 0.2) is 0 Å². The molecule has 2 aliphatic heterocycles. The van der Waals surface area contributed by atoms with Crippen LogP contribution in [0.3, 0.4) is 0 Å². The number of benzene rings is 3. The molecule has 0 bridgehead atoms. The summed E-state index contributed by atoms with van der Waals surface area (Å²) in [5, 5.41) is 7.75. The molecular weight excluding hydrogens is 702 g/mol. The van der Waals surface area contributed by atoms with Crippen LogP contribution in [0.4, 0.5) is 10.1 Å². The Morgan fingerprint density at radius 2 is 1.76 bits per heavy atom. The van der Waals surface area contributed by atoms with Crippen molar-refractivity contribution in [1.29, 1.82) is 0 Å². The van der Waals surface area contributed by atoms with Crippen molar-refractivity contribution in [3.63, 3.8) is 0 Å². The summed E-state index contributed by atoms with van der Waals surface area (Å²) < 4.78 is 21.4. The molecule has 3 amide bonds. The number of piperidine rings is 1. The smallest absolute Gasteiger partial charge is 0.290 e. The maximum Gasteiger partial charge on any atom is 0.290 e. The van der Waals surface area contributed by atoms with Gasteiger partial charge in [-0.25, -0.2) is 14.4 Å². The maximum atomic E-state index is 16.2. The summed E-state index contributed by atoms with van der Waals surface area (Å²) in [4.78, 5) is 56.9. The number of piperazine rings is 1. The first kappa shape index (κ1) is 34.7. The van der Waals surface area contributed by atoms with E-state index in [0.29, 0.717) is 52.8 Å². The predicted octanol–water partition coefficient (Wildman–Crippen LogP) is 5.45. The van der Waals surface area contributed by atoms with E-state index in [2.05, 4.69) is 82.7 Å². The largest absolute Gasteiger partial charge is 0.369 e. The van der Waals surface area contributed by atoms with Crippen LogP contribution in [0.1, 0.15) is 89.1 Å². The third kappa shape index (κ3) is 6.19. The van der Waals surface area contributed by atoms with Crippen LogP contribution in [-0.2, 0) is 9.59 Å². The molecule has 55 heavy (non-hydrogen) atoms. The van der Waals surface area contributed by atoms with Crippen LogP contribution in [0, 0.1) is 12.7 Å². The van der Waals surface area contributed by atoms with Gasteiger partial charge in [-0.3, -0.25) is 24.6 Å². The molecule has 0 spiro atoms. The highest BCUT2D eigenvalue weighted by Gasteiger charge is 2.36. The summed E-state index contributed by atoms with van der Waals surface area (Å²) in [7, 11) is 0. The summed E-state index contributed by atoms with van der Waals surface area (Å²) in [5.41, 5.74) is 12.1. The molecule has 1 saturated carbocycles. The van der Waals surface area contributed by atoms with Gasteiger partial charge >= 0.3 is 0 Å². The van der Waals surface area contributed by atoms with Gasteiger partial charge in [-0.1, -0.05) is 41.6 Å². The van der Waals surface area contributed by atoms with Gasteiger partial charge in [-0.2, -0.15) is 4.98 Å².